The van der Waals surface area contributed by atoms with E-state index in [2.05, 4.69) is 16.0 Å². The largest absolute Gasteiger partial charge is 0.378 e. The van der Waals surface area contributed by atoms with Crippen molar-refractivity contribution in [1.29, 1.82) is 0 Å². The van der Waals surface area contributed by atoms with E-state index in [-0.39, 0.29) is 17.9 Å². The van der Waals surface area contributed by atoms with Gasteiger partial charge < -0.3 is 20.7 Å². The van der Waals surface area contributed by atoms with E-state index in [0.29, 0.717) is 26.3 Å². The molecule has 2 atom stereocenters. The van der Waals surface area contributed by atoms with Crippen LogP contribution in [0.3, 0.4) is 0 Å². The van der Waals surface area contributed by atoms with Gasteiger partial charge in [0.05, 0.1) is 13.2 Å². The summed E-state index contributed by atoms with van der Waals surface area (Å²) in [5.41, 5.74) is 0. The smallest absolute Gasteiger partial charge is 0.242 e. The highest BCUT2D eigenvalue weighted by molar-refractivity contribution is 5.89. The van der Waals surface area contributed by atoms with Crippen molar-refractivity contribution in [3.05, 3.63) is 0 Å². The summed E-state index contributed by atoms with van der Waals surface area (Å²) in [5.74, 6) is -0.369. The normalized spacial score (nSPS) is 22.2. The molecule has 16 heavy (non-hydrogen) atoms. The van der Waals surface area contributed by atoms with Gasteiger partial charge in [-0.25, -0.2) is 0 Å². The first-order valence-corrected chi connectivity index (χ1v) is 5.54. The third-order valence-corrected chi connectivity index (χ3v) is 2.34. The van der Waals surface area contributed by atoms with Gasteiger partial charge in [-0.2, -0.15) is 0 Å². The Hall–Kier alpha value is -1.14. The number of nitrogens with one attached hydrogen (secondary N) is 3. The molecule has 92 valence electrons. The highest BCUT2D eigenvalue weighted by Gasteiger charge is 2.24. The molecular formula is C10H19N3O3. The Morgan fingerprint density at radius 1 is 1.56 bits per heavy atom. The van der Waals surface area contributed by atoms with Crippen LogP contribution in [0, 0.1) is 0 Å². The summed E-state index contributed by atoms with van der Waals surface area (Å²) in [7, 11) is 0. The van der Waals surface area contributed by atoms with Crippen molar-refractivity contribution in [3.63, 3.8) is 0 Å². The number of carbonyl (C=O) groups excluding carboxylic acids is 2. The predicted octanol–water partition coefficient (Wildman–Crippen LogP) is -1.38. The van der Waals surface area contributed by atoms with Crippen LogP contribution in [0.15, 0.2) is 0 Å². The highest BCUT2D eigenvalue weighted by Crippen LogP contribution is 1.94. The number of ether oxygens (including phenoxy) is 1. The molecule has 1 rings (SSSR count). The van der Waals surface area contributed by atoms with Gasteiger partial charge in [0.1, 0.15) is 12.1 Å². The summed E-state index contributed by atoms with van der Waals surface area (Å²) in [6.07, 6.45) is 0. The quantitative estimate of drug-likeness (QED) is 0.555. The van der Waals surface area contributed by atoms with Gasteiger partial charge in [-0.1, -0.05) is 0 Å². The molecule has 0 aromatic rings. The van der Waals surface area contributed by atoms with E-state index in [1.165, 1.54) is 0 Å². The summed E-state index contributed by atoms with van der Waals surface area (Å²) in [6.45, 7) is 5.69. The topological polar surface area (TPSA) is 79.5 Å². The zero-order chi connectivity index (χ0) is 12.0. The molecule has 1 aliphatic rings. The van der Waals surface area contributed by atoms with Crippen LogP contribution in [0.2, 0.25) is 0 Å². The van der Waals surface area contributed by atoms with Gasteiger partial charge in [-0.15, -0.1) is 0 Å². The Morgan fingerprint density at radius 3 is 2.88 bits per heavy atom. The predicted molar refractivity (Wildman–Crippen MR) is 58.9 cm³/mol. The monoisotopic (exact) mass is 229 g/mol. The molecule has 2 unspecified atom stereocenters. The lowest BCUT2D eigenvalue weighted by Gasteiger charge is -2.24. The summed E-state index contributed by atoms with van der Waals surface area (Å²) < 4.78 is 5.17. The van der Waals surface area contributed by atoms with Crippen molar-refractivity contribution in [2.75, 3.05) is 26.3 Å². The van der Waals surface area contributed by atoms with Crippen molar-refractivity contribution in [3.8, 4) is 0 Å². The fourth-order valence-corrected chi connectivity index (χ4v) is 1.44. The van der Waals surface area contributed by atoms with Gasteiger partial charge in [-0.05, 0) is 13.8 Å². The standard InChI is InChI=1S/C10H19N3O3/c1-3-11-9(14)7(2)13-10(15)8-6-16-5-4-12-8/h7-8,12H,3-6H2,1-2H3,(H,11,14)(H,13,15). The third-order valence-electron chi connectivity index (χ3n) is 2.34. The zero-order valence-corrected chi connectivity index (χ0v) is 9.71. The van der Waals surface area contributed by atoms with E-state index in [0.717, 1.165) is 0 Å². The van der Waals surface area contributed by atoms with Crippen molar-refractivity contribution in [1.82, 2.24) is 16.0 Å². The van der Waals surface area contributed by atoms with Crippen molar-refractivity contribution in [2.45, 2.75) is 25.9 Å². The summed E-state index contributed by atoms with van der Waals surface area (Å²) in [6, 6.07) is -0.873. The lowest BCUT2D eigenvalue weighted by Crippen LogP contribution is -2.55. The number of hydrogen-bond donors (Lipinski definition) is 3. The minimum Gasteiger partial charge on any atom is -0.378 e. The molecule has 0 spiro atoms. The Labute approximate surface area is 95.1 Å². The van der Waals surface area contributed by atoms with Crippen LogP contribution in [-0.2, 0) is 14.3 Å². The minimum atomic E-state index is -0.517. The maximum Gasteiger partial charge on any atom is 0.242 e. The molecule has 0 radical (unpaired) electrons. The average molecular weight is 229 g/mol. The Bertz CT molecular complexity index is 252. The maximum absolute atomic E-state index is 11.7. The Morgan fingerprint density at radius 2 is 2.31 bits per heavy atom. The minimum absolute atomic E-state index is 0.174. The van der Waals surface area contributed by atoms with Crippen LogP contribution in [0.1, 0.15) is 13.8 Å². The first-order chi connectivity index (χ1) is 7.65. The van der Waals surface area contributed by atoms with Crippen molar-refractivity contribution in [2.24, 2.45) is 0 Å². The van der Waals surface area contributed by atoms with Crippen molar-refractivity contribution < 1.29 is 14.3 Å². The molecule has 2 amide bonds. The first kappa shape index (κ1) is 12.9. The molecule has 0 bridgehead atoms. The molecule has 1 fully saturated rings. The average Bonchev–Trinajstić information content (AvgIpc) is 2.30. The number of rotatable bonds is 4. The number of carbonyl (C=O) groups is 2. The number of amides is 2. The number of morpholine rings is 1. The second kappa shape index (κ2) is 6.44. The highest BCUT2D eigenvalue weighted by atomic mass is 16.5. The molecule has 1 aliphatic heterocycles. The van der Waals surface area contributed by atoms with Crippen LogP contribution < -0.4 is 16.0 Å². The van der Waals surface area contributed by atoms with Gasteiger partial charge in [0.25, 0.3) is 0 Å². The van der Waals surface area contributed by atoms with Crippen LogP contribution in [0.25, 0.3) is 0 Å². The van der Waals surface area contributed by atoms with E-state index >= 15 is 0 Å². The number of hydrogen-bond acceptors (Lipinski definition) is 4. The van der Waals surface area contributed by atoms with E-state index in [1.807, 2.05) is 6.92 Å². The van der Waals surface area contributed by atoms with Gasteiger partial charge in [-0.3, -0.25) is 9.59 Å². The molecule has 6 nitrogen and oxygen atoms in total. The van der Waals surface area contributed by atoms with E-state index in [9.17, 15) is 9.59 Å². The van der Waals surface area contributed by atoms with Crippen molar-refractivity contribution >= 4 is 11.8 Å². The van der Waals surface area contributed by atoms with Gasteiger partial charge in [0.2, 0.25) is 11.8 Å². The molecular weight excluding hydrogens is 210 g/mol. The van der Waals surface area contributed by atoms with Crippen LogP contribution in [0.5, 0.6) is 0 Å². The van der Waals surface area contributed by atoms with Crippen LogP contribution in [-0.4, -0.2) is 50.2 Å². The third kappa shape index (κ3) is 3.79. The number of likely N-dealkylation sites (N-methyl/N-ethyl adjacent to an activating group) is 1. The molecule has 1 saturated heterocycles. The maximum atomic E-state index is 11.7. The molecule has 6 heteroatoms. The Kier molecular flexibility index (Phi) is 5.21. The van der Waals surface area contributed by atoms with E-state index in [1.54, 1.807) is 6.92 Å². The molecule has 0 aromatic carbocycles. The summed E-state index contributed by atoms with van der Waals surface area (Å²) >= 11 is 0. The summed E-state index contributed by atoms with van der Waals surface area (Å²) in [5, 5.41) is 8.32. The first-order valence-electron chi connectivity index (χ1n) is 5.54. The second-order valence-corrected chi connectivity index (χ2v) is 3.71. The lowest BCUT2D eigenvalue weighted by molar-refractivity contribution is -0.131. The summed E-state index contributed by atoms with van der Waals surface area (Å²) in [4.78, 5) is 23.1. The molecule has 1 heterocycles. The van der Waals surface area contributed by atoms with Gasteiger partial charge in [0.15, 0.2) is 0 Å². The molecule has 0 aliphatic carbocycles. The van der Waals surface area contributed by atoms with Crippen LogP contribution in [0.4, 0.5) is 0 Å². The molecule has 0 saturated carbocycles. The Balaban J connectivity index is 2.34. The lowest BCUT2D eigenvalue weighted by atomic mass is 10.2. The van der Waals surface area contributed by atoms with Gasteiger partial charge in [0, 0.05) is 13.1 Å². The molecule has 0 aromatic heterocycles. The second-order valence-electron chi connectivity index (χ2n) is 3.71. The fraction of sp³-hybridized carbons (Fsp3) is 0.800. The SMILES string of the molecule is CCNC(=O)C(C)NC(=O)C1COCCN1. The van der Waals surface area contributed by atoms with Crippen LogP contribution >= 0.6 is 0 Å². The van der Waals surface area contributed by atoms with Gasteiger partial charge >= 0.3 is 0 Å². The fourth-order valence-electron chi connectivity index (χ4n) is 1.44. The molecule has 3 N–H and O–H groups in total. The zero-order valence-electron chi connectivity index (χ0n) is 9.71. The van der Waals surface area contributed by atoms with E-state index in [4.69, 9.17) is 4.74 Å². The van der Waals surface area contributed by atoms with E-state index < -0.39 is 6.04 Å².